The first-order valence-corrected chi connectivity index (χ1v) is 8.36. The number of aryl methyl sites for hydroxylation is 1. The van der Waals surface area contributed by atoms with Crippen LogP contribution in [0.1, 0.15) is 30.5 Å². The van der Waals surface area contributed by atoms with E-state index in [1.807, 2.05) is 30.8 Å². The van der Waals surface area contributed by atoms with Gasteiger partial charge in [-0.3, -0.25) is 0 Å². The first-order chi connectivity index (χ1) is 10.2. The minimum Gasteiger partial charge on any atom is -0.309 e. The van der Waals surface area contributed by atoms with Gasteiger partial charge in [-0.1, -0.05) is 31.2 Å². The maximum Gasteiger partial charge on any atom is 0.123 e. The molecule has 2 rings (SSSR count). The van der Waals surface area contributed by atoms with E-state index in [9.17, 15) is 4.39 Å². The Morgan fingerprint density at radius 1 is 1.14 bits per heavy atom. The van der Waals surface area contributed by atoms with Crippen LogP contribution in [0.5, 0.6) is 0 Å². The molecule has 1 nitrogen and oxygen atoms in total. The Balaban J connectivity index is 2.10. The fraction of sp³-hybridized carbons (Fsp3) is 0.333. The van der Waals surface area contributed by atoms with E-state index in [4.69, 9.17) is 0 Å². The van der Waals surface area contributed by atoms with Gasteiger partial charge in [-0.25, -0.2) is 4.39 Å². The van der Waals surface area contributed by atoms with Crippen molar-refractivity contribution in [2.24, 2.45) is 0 Å². The highest BCUT2D eigenvalue weighted by atomic mass is 32.2. The predicted octanol–water partition coefficient (Wildman–Crippen LogP) is 4.97. The Morgan fingerprint density at radius 3 is 2.57 bits per heavy atom. The van der Waals surface area contributed by atoms with Crippen LogP contribution in [0.25, 0.3) is 0 Å². The highest BCUT2D eigenvalue weighted by molar-refractivity contribution is 7.99. The lowest BCUT2D eigenvalue weighted by atomic mass is 10.0. The fourth-order valence-electron chi connectivity index (χ4n) is 2.30. The molecule has 0 spiro atoms. The van der Waals surface area contributed by atoms with Gasteiger partial charge >= 0.3 is 0 Å². The van der Waals surface area contributed by atoms with E-state index in [-0.39, 0.29) is 11.9 Å². The lowest BCUT2D eigenvalue weighted by Gasteiger charge is -2.20. The summed E-state index contributed by atoms with van der Waals surface area (Å²) in [5.41, 5.74) is 2.20. The fourth-order valence-corrected chi connectivity index (χ4v) is 3.31. The van der Waals surface area contributed by atoms with Crippen LogP contribution in [-0.2, 0) is 0 Å². The topological polar surface area (TPSA) is 12.0 Å². The van der Waals surface area contributed by atoms with Gasteiger partial charge in [0.15, 0.2) is 0 Å². The first kappa shape index (κ1) is 16.1. The second kappa shape index (κ2) is 8.20. The summed E-state index contributed by atoms with van der Waals surface area (Å²) >= 11 is 1.83. The molecular weight excluding hydrogens is 281 g/mol. The Kier molecular flexibility index (Phi) is 6.27. The molecule has 0 aliphatic heterocycles. The average Bonchev–Trinajstić information content (AvgIpc) is 2.49. The lowest BCUT2D eigenvalue weighted by Crippen LogP contribution is -2.24. The summed E-state index contributed by atoms with van der Waals surface area (Å²) in [6, 6.07) is 15.7. The molecule has 0 saturated carbocycles. The molecule has 21 heavy (non-hydrogen) atoms. The third-order valence-corrected chi connectivity index (χ3v) is 4.51. The second-order valence-corrected chi connectivity index (χ2v) is 6.23. The summed E-state index contributed by atoms with van der Waals surface area (Å²) < 4.78 is 13.3. The van der Waals surface area contributed by atoms with Crippen LogP contribution in [0.4, 0.5) is 4.39 Å². The van der Waals surface area contributed by atoms with Crippen LogP contribution in [0.15, 0.2) is 53.4 Å². The quantitative estimate of drug-likeness (QED) is 0.725. The van der Waals surface area contributed by atoms with E-state index in [0.717, 1.165) is 24.3 Å². The first-order valence-electron chi connectivity index (χ1n) is 7.38. The van der Waals surface area contributed by atoms with E-state index < -0.39 is 0 Å². The van der Waals surface area contributed by atoms with Crippen molar-refractivity contribution in [3.05, 3.63) is 65.5 Å². The van der Waals surface area contributed by atoms with Crippen LogP contribution in [0.3, 0.4) is 0 Å². The highest BCUT2D eigenvalue weighted by Crippen LogP contribution is 2.26. The van der Waals surface area contributed by atoms with Gasteiger partial charge in [-0.15, -0.1) is 11.8 Å². The van der Waals surface area contributed by atoms with Gasteiger partial charge in [0.05, 0.1) is 0 Å². The van der Waals surface area contributed by atoms with Gasteiger partial charge in [0.25, 0.3) is 0 Å². The monoisotopic (exact) mass is 303 g/mol. The zero-order chi connectivity index (χ0) is 15.1. The molecule has 0 aromatic heterocycles. The van der Waals surface area contributed by atoms with Crippen LogP contribution < -0.4 is 5.32 Å². The SMILES string of the molecule is CCCNC(CSc1ccccc1)c1ccc(F)cc1C. The molecule has 0 radical (unpaired) electrons. The summed E-state index contributed by atoms with van der Waals surface area (Å²) in [6.07, 6.45) is 1.09. The second-order valence-electron chi connectivity index (χ2n) is 5.13. The minimum absolute atomic E-state index is 0.166. The van der Waals surface area contributed by atoms with E-state index in [2.05, 4.69) is 36.5 Å². The molecule has 3 heteroatoms. The highest BCUT2D eigenvalue weighted by Gasteiger charge is 2.14. The Morgan fingerprint density at radius 2 is 1.90 bits per heavy atom. The molecule has 0 amide bonds. The van der Waals surface area contributed by atoms with Crippen molar-refractivity contribution in [1.82, 2.24) is 5.32 Å². The van der Waals surface area contributed by atoms with E-state index in [0.29, 0.717) is 0 Å². The molecule has 0 fully saturated rings. The number of thioether (sulfide) groups is 1. The maximum atomic E-state index is 13.3. The van der Waals surface area contributed by atoms with Crippen molar-refractivity contribution in [3.8, 4) is 0 Å². The van der Waals surface area contributed by atoms with Crippen molar-refractivity contribution in [2.75, 3.05) is 12.3 Å². The Labute approximate surface area is 131 Å². The molecule has 112 valence electrons. The molecular formula is C18H22FNS. The third kappa shape index (κ3) is 4.87. The smallest absolute Gasteiger partial charge is 0.123 e. The van der Waals surface area contributed by atoms with Gasteiger partial charge < -0.3 is 5.32 Å². The number of hydrogen-bond acceptors (Lipinski definition) is 2. The molecule has 2 aromatic rings. The Bertz CT molecular complexity index is 556. The van der Waals surface area contributed by atoms with E-state index in [1.165, 1.54) is 10.5 Å². The van der Waals surface area contributed by atoms with Gasteiger partial charge in [0, 0.05) is 16.7 Å². The van der Waals surface area contributed by atoms with Crippen molar-refractivity contribution in [1.29, 1.82) is 0 Å². The molecule has 0 saturated heterocycles. The zero-order valence-corrected chi connectivity index (χ0v) is 13.4. The van der Waals surface area contributed by atoms with Gasteiger partial charge in [-0.2, -0.15) is 0 Å². The summed E-state index contributed by atoms with van der Waals surface area (Å²) in [4.78, 5) is 1.26. The third-order valence-electron chi connectivity index (χ3n) is 3.41. The predicted molar refractivity (Wildman–Crippen MR) is 89.3 cm³/mol. The molecule has 0 bridgehead atoms. The van der Waals surface area contributed by atoms with Crippen LogP contribution in [0.2, 0.25) is 0 Å². The molecule has 1 unspecified atom stereocenters. The molecule has 1 atom stereocenters. The lowest BCUT2D eigenvalue weighted by molar-refractivity contribution is 0.571. The van der Waals surface area contributed by atoms with E-state index >= 15 is 0 Å². The average molecular weight is 303 g/mol. The van der Waals surface area contributed by atoms with Gasteiger partial charge in [-0.05, 0) is 55.3 Å². The number of hydrogen-bond donors (Lipinski definition) is 1. The van der Waals surface area contributed by atoms with Gasteiger partial charge in [0.2, 0.25) is 0 Å². The summed E-state index contributed by atoms with van der Waals surface area (Å²) in [7, 11) is 0. The molecule has 0 aliphatic rings. The van der Waals surface area contributed by atoms with Crippen molar-refractivity contribution in [3.63, 3.8) is 0 Å². The van der Waals surface area contributed by atoms with Gasteiger partial charge in [0.1, 0.15) is 5.82 Å². The number of halogens is 1. The largest absolute Gasteiger partial charge is 0.309 e. The maximum absolute atomic E-state index is 13.3. The minimum atomic E-state index is -0.166. The number of rotatable bonds is 7. The van der Waals surface area contributed by atoms with Crippen molar-refractivity contribution < 1.29 is 4.39 Å². The molecule has 0 aliphatic carbocycles. The summed E-state index contributed by atoms with van der Waals surface area (Å²) in [6.45, 7) is 5.11. The molecule has 1 N–H and O–H groups in total. The van der Waals surface area contributed by atoms with E-state index in [1.54, 1.807) is 12.1 Å². The Hall–Kier alpha value is -1.32. The standard InChI is InChI=1S/C18H22FNS/c1-3-11-20-18(13-21-16-7-5-4-6-8-16)17-10-9-15(19)12-14(17)2/h4-10,12,18,20H,3,11,13H2,1-2H3. The summed E-state index contributed by atoms with van der Waals surface area (Å²) in [5, 5.41) is 3.57. The number of nitrogens with one attached hydrogen (secondary N) is 1. The van der Waals surface area contributed by atoms with Crippen molar-refractivity contribution in [2.45, 2.75) is 31.2 Å². The molecule has 2 aromatic carbocycles. The summed E-state index contributed by atoms with van der Waals surface area (Å²) in [5.74, 6) is 0.775. The van der Waals surface area contributed by atoms with Crippen LogP contribution >= 0.6 is 11.8 Å². The number of benzene rings is 2. The zero-order valence-electron chi connectivity index (χ0n) is 12.6. The normalized spacial score (nSPS) is 12.3. The van der Waals surface area contributed by atoms with Crippen molar-refractivity contribution >= 4 is 11.8 Å². The molecule has 0 heterocycles. The van der Waals surface area contributed by atoms with Crippen LogP contribution in [0, 0.1) is 12.7 Å². The van der Waals surface area contributed by atoms with Crippen LogP contribution in [-0.4, -0.2) is 12.3 Å².